The molecule has 23 heavy (non-hydrogen) atoms. The van der Waals surface area contributed by atoms with Crippen LogP contribution in [0.2, 0.25) is 0 Å². The standard InChI is InChI=1S/C17H23N5O/c1-6-13-7-8-14(18-9-13)11-22(5)16(23)15-10-19-17(21(3)4)20-12(15)2/h7-10H,6,11H2,1-5H3. The number of aromatic nitrogens is 3. The molecule has 2 rings (SSSR count). The summed E-state index contributed by atoms with van der Waals surface area (Å²) in [7, 11) is 5.50. The summed E-state index contributed by atoms with van der Waals surface area (Å²) in [6, 6.07) is 4.00. The van der Waals surface area contributed by atoms with Crippen LogP contribution in [-0.2, 0) is 13.0 Å². The van der Waals surface area contributed by atoms with E-state index >= 15 is 0 Å². The normalized spacial score (nSPS) is 10.5. The van der Waals surface area contributed by atoms with Gasteiger partial charge in [-0.3, -0.25) is 9.78 Å². The first-order valence-electron chi connectivity index (χ1n) is 7.62. The van der Waals surface area contributed by atoms with E-state index in [1.54, 1.807) is 18.1 Å². The van der Waals surface area contributed by atoms with Gasteiger partial charge in [-0.1, -0.05) is 13.0 Å². The van der Waals surface area contributed by atoms with Gasteiger partial charge in [-0.15, -0.1) is 0 Å². The summed E-state index contributed by atoms with van der Waals surface area (Å²) >= 11 is 0. The van der Waals surface area contributed by atoms with Crippen molar-refractivity contribution in [3.05, 3.63) is 47.0 Å². The van der Waals surface area contributed by atoms with Crippen molar-refractivity contribution in [1.29, 1.82) is 0 Å². The Balaban J connectivity index is 2.12. The predicted octanol–water partition coefficient (Wildman–Crippen LogP) is 2.08. The quantitative estimate of drug-likeness (QED) is 0.846. The lowest BCUT2D eigenvalue weighted by molar-refractivity contribution is 0.0781. The summed E-state index contributed by atoms with van der Waals surface area (Å²) in [4.78, 5) is 29.0. The van der Waals surface area contributed by atoms with Crippen LogP contribution in [0.15, 0.2) is 24.5 Å². The van der Waals surface area contributed by atoms with Gasteiger partial charge in [0.25, 0.3) is 5.91 Å². The lowest BCUT2D eigenvalue weighted by atomic mass is 10.2. The van der Waals surface area contributed by atoms with E-state index in [4.69, 9.17) is 0 Å². The predicted molar refractivity (Wildman–Crippen MR) is 90.5 cm³/mol. The van der Waals surface area contributed by atoms with Gasteiger partial charge in [0.2, 0.25) is 5.95 Å². The molecule has 0 saturated heterocycles. The molecule has 0 saturated carbocycles. The molecule has 122 valence electrons. The largest absolute Gasteiger partial charge is 0.347 e. The average Bonchev–Trinajstić information content (AvgIpc) is 2.54. The number of pyridine rings is 1. The number of carbonyl (C=O) groups excluding carboxylic acids is 1. The molecule has 0 aliphatic rings. The summed E-state index contributed by atoms with van der Waals surface area (Å²) < 4.78 is 0. The molecule has 2 aromatic rings. The minimum absolute atomic E-state index is 0.103. The second kappa shape index (κ2) is 7.17. The van der Waals surface area contributed by atoms with Crippen LogP contribution in [0.1, 0.15) is 34.2 Å². The van der Waals surface area contributed by atoms with Crippen molar-refractivity contribution in [2.75, 3.05) is 26.0 Å². The molecule has 2 aromatic heterocycles. The van der Waals surface area contributed by atoms with Crippen LogP contribution in [0, 0.1) is 6.92 Å². The van der Waals surface area contributed by atoms with Crippen molar-refractivity contribution in [3.8, 4) is 0 Å². The highest BCUT2D eigenvalue weighted by atomic mass is 16.2. The van der Waals surface area contributed by atoms with Crippen molar-refractivity contribution < 1.29 is 4.79 Å². The zero-order chi connectivity index (χ0) is 17.0. The van der Waals surface area contributed by atoms with Gasteiger partial charge < -0.3 is 9.80 Å². The fraction of sp³-hybridized carbons (Fsp3) is 0.412. The lowest BCUT2D eigenvalue weighted by Crippen LogP contribution is -2.28. The van der Waals surface area contributed by atoms with E-state index in [0.717, 1.165) is 12.1 Å². The number of anilines is 1. The van der Waals surface area contributed by atoms with Gasteiger partial charge >= 0.3 is 0 Å². The van der Waals surface area contributed by atoms with Crippen LogP contribution in [0.3, 0.4) is 0 Å². The van der Waals surface area contributed by atoms with Crippen LogP contribution in [0.4, 0.5) is 5.95 Å². The molecule has 0 fully saturated rings. The first kappa shape index (κ1) is 16.9. The molecule has 1 amide bonds. The number of carbonyl (C=O) groups is 1. The molecule has 0 unspecified atom stereocenters. The van der Waals surface area contributed by atoms with Crippen LogP contribution in [0.5, 0.6) is 0 Å². The first-order chi connectivity index (χ1) is 10.9. The molecule has 0 radical (unpaired) electrons. The van der Waals surface area contributed by atoms with Crippen LogP contribution >= 0.6 is 0 Å². The van der Waals surface area contributed by atoms with E-state index in [1.165, 1.54) is 5.56 Å². The third kappa shape index (κ3) is 4.03. The molecule has 0 aliphatic heterocycles. The van der Waals surface area contributed by atoms with E-state index in [2.05, 4.69) is 21.9 Å². The van der Waals surface area contributed by atoms with Gasteiger partial charge in [-0.25, -0.2) is 9.97 Å². The Bertz CT molecular complexity index is 682. The van der Waals surface area contributed by atoms with Crippen LogP contribution in [-0.4, -0.2) is 46.9 Å². The second-order valence-corrected chi connectivity index (χ2v) is 5.74. The Morgan fingerprint density at radius 1 is 1.13 bits per heavy atom. The van der Waals surface area contributed by atoms with Gasteiger partial charge in [-0.05, 0) is 25.0 Å². The fourth-order valence-electron chi connectivity index (χ4n) is 2.16. The van der Waals surface area contributed by atoms with E-state index in [-0.39, 0.29) is 5.91 Å². The SMILES string of the molecule is CCc1ccc(CN(C)C(=O)c2cnc(N(C)C)nc2C)nc1. The number of nitrogens with zero attached hydrogens (tertiary/aromatic N) is 5. The van der Waals surface area contributed by atoms with E-state index in [0.29, 0.717) is 23.8 Å². The minimum Gasteiger partial charge on any atom is -0.347 e. The smallest absolute Gasteiger partial charge is 0.257 e. The number of hydrogen-bond acceptors (Lipinski definition) is 5. The molecular formula is C17H23N5O. The van der Waals surface area contributed by atoms with Crippen molar-refractivity contribution >= 4 is 11.9 Å². The topological polar surface area (TPSA) is 62.2 Å². The molecule has 0 aliphatic carbocycles. The zero-order valence-corrected chi connectivity index (χ0v) is 14.4. The van der Waals surface area contributed by atoms with Gasteiger partial charge in [0.1, 0.15) is 0 Å². The van der Waals surface area contributed by atoms with Gasteiger partial charge in [0, 0.05) is 33.5 Å². The maximum Gasteiger partial charge on any atom is 0.257 e. The Kier molecular flexibility index (Phi) is 5.26. The summed E-state index contributed by atoms with van der Waals surface area (Å²) in [6.07, 6.45) is 4.40. The minimum atomic E-state index is -0.103. The summed E-state index contributed by atoms with van der Waals surface area (Å²) in [5.41, 5.74) is 3.24. The summed E-state index contributed by atoms with van der Waals surface area (Å²) in [6.45, 7) is 4.37. The lowest BCUT2D eigenvalue weighted by Gasteiger charge is -2.18. The Morgan fingerprint density at radius 2 is 1.87 bits per heavy atom. The fourth-order valence-corrected chi connectivity index (χ4v) is 2.16. The molecule has 0 spiro atoms. The maximum absolute atomic E-state index is 12.6. The Labute approximate surface area is 137 Å². The molecule has 0 aromatic carbocycles. The van der Waals surface area contributed by atoms with Crippen LogP contribution < -0.4 is 4.90 Å². The molecule has 0 bridgehead atoms. The van der Waals surface area contributed by atoms with Gasteiger partial charge in [0.05, 0.1) is 23.5 Å². The second-order valence-electron chi connectivity index (χ2n) is 5.74. The van der Waals surface area contributed by atoms with E-state index in [1.807, 2.05) is 44.2 Å². The van der Waals surface area contributed by atoms with Gasteiger partial charge in [-0.2, -0.15) is 0 Å². The van der Waals surface area contributed by atoms with Crippen molar-refractivity contribution in [2.45, 2.75) is 26.8 Å². The molecular weight excluding hydrogens is 290 g/mol. The Morgan fingerprint density at radius 3 is 2.39 bits per heavy atom. The van der Waals surface area contributed by atoms with Gasteiger partial charge in [0.15, 0.2) is 0 Å². The third-order valence-electron chi connectivity index (χ3n) is 3.64. The van der Waals surface area contributed by atoms with Crippen molar-refractivity contribution in [3.63, 3.8) is 0 Å². The number of aryl methyl sites for hydroxylation is 2. The summed E-state index contributed by atoms with van der Waals surface area (Å²) in [5.74, 6) is 0.493. The average molecular weight is 313 g/mol. The first-order valence-corrected chi connectivity index (χ1v) is 7.62. The number of amides is 1. The van der Waals surface area contributed by atoms with Crippen molar-refractivity contribution in [2.24, 2.45) is 0 Å². The summed E-state index contributed by atoms with van der Waals surface area (Å²) in [5, 5.41) is 0. The zero-order valence-electron chi connectivity index (χ0n) is 14.4. The third-order valence-corrected chi connectivity index (χ3v) is 3.64. The molecule has 0 atom stereocenters. The highest BCUT2D eigenvalue weighted by molar-refractivity contribution is 5.94. The highest BCUT2D eigenvalue weighted by Gasteiger charge is 2.17. The molecule has 0 N–H and O–H groups in total. The van der Waals surface area contributed by atoms with E-state index < -0.39 is 0 Å². The van der Waals surface area contributed by atoms with Crippen LogP contribution in [0.25, 0.3) is 0 Å². The number of hydrogen-bond donors (Lipinski definition) is 0. The maximum atomic E-state index is 12.6. The molecule has 2 heterocycles. The molecule has 6 heteroatoms. The number of rotatable bonds is 5. The van der Waals surface area contributed by atoms with Crippen molar-refractivity contribution in [1.82, 2.24) is 19.9 Å². The highest BCUT2D eigenvalue weighted by Crippen LogP contribution is 2.12. The Hall–Kier alpha value is -2.50. The monoisotopic (exact) mass is 313 g/mol. The van der Waals surface area contributed by atoms with E-state index in [9.17, 15) is 4.79 Å². The molecule has 6 nitrogen and oxygen atoms in total.